The average Bonchev–Trinajstić information content (AvgIpc) is 2.30. The summed E-state index contributed by atoms with van der Waals surface area (Å²) in [5.41, 5.74) is 10.9. The largest absolute Gasteiger partial charge is 0.310 e. The van der Waals surface area contributed by atoms with E-state index in [0.29, 0.717) is 0 Å². The molecule has 0 radical (unpaired) electrons. The molecule has 1 unspecified atom stereocenters. The summed E-state index contributed by atoms with van der Waals surface area (Å²) >= 11 is 0. The van der Waals surface area contributed by atoms with E-state index in [1.807, 2.05) is 97.1 Å². The van der Waals surface area contributed by atoms with E-state index < -0.39 is 29.6 Å². The van der Waals surface area contributed by atoms with Crippen LogP contribution < -0.4 is 9.80 Å². The molecule has 0 saturated heterocycles. The molecule has 14 rings (SSSR count). The van der Waals surface area contributed by atoms with Gasteiger partial charge in [0, 0.05) is 50.6 Å². The van der Waals surface area contributed by atoms with Crippen molar-refractivity contribution in [3.8, 4) is 16.8 Å². The molecule has 3 nitrogen and oxygen atoms in total. The lowest BCUT2D eigenvalue weighted by atomic mass is 9.66. The van der Waals surface area contributed by atoms with Gasteiger partial charge < -0.3 is 14.4 Å². The summed E-state index contributed by atoms with van der Waals surface area (Å²) in [6.07, 6.45) is 0. The third-order valence-corrected chi connectivity index (χ3v) is 14.4. The molecule has 0 spiro atoms. The first-order valence-electron chi connectivity index (χ1n) is 27.8. The number of aromatic nitrogens is 1. The first-order chi connectivity index (χ1) is 38.6. The maximum absolute atomic E-state index is 10.6. The van der Waals surface area contributed by atoms with Crippen molar-refractivity contribution in [3.05, 3.63) is 307 Å². The van der Waals surface area contributed by atoms with Crippen LogP contribution in [0.2, 0.25) is 0 Å². The standard InChI is InChI=1S/C69H47N3/c1-5-24-53(25-6-1)70(54-26-7-2-8-27-54)58-40-42-63-61(46-58)62-47-59(71(55-28-9-3-10-29-55)57-39-37-49-21-14-16-23-51(49)45-57)41-43-64(62)69(63,52-38-36-48-20-13-15-22-50(48)44-52)65-33-19-35-67-68(65)60-32-17-18-34-66(60)72(67)56-30-11-4-12-31-56/h1-47H/i13D,15D,20D,22D,36D,38D,44D. The van der Waals surface area contributed by atoms with Gasteiger partial charge in [-0.3, -0.25) is 0 Å². The molecule has 1 atom stereocenters. The van der Waals surface area contributed by atoms with Crippen LogP contribution in [0.1, 0.15) is 31.8 Å². The summed E-state index contributed by atoms with van der Waals surface area (Å²) in [7, 11) is 0. The van der Waals surface area contributed by atoms with Crippen molar-refractivity contribution >= 4 is 77.5 Å². The Hall–Kier alpha value is -9.44. The van der Waals surface area contributed by atoms with Crippen molar-refractivity contribution in [3.63, 3.8) is 0 Å². The SMILES string of the molecule is [2H]c1c([2H])c([2H])c2c([2H])c(C3(c4cccc5c4c4ccccc4n5-c4ccccc4)c4ccc(N(c5ccccc5)c5ccccc5)cc4-c4cc(N(c5ccccc5)c5ccc6ccccc6c5)ccc43)c([2H])c([2H])c2c1[2H]. The van der Waals surface area contributed by atoms with E-state index in [9.17, 15) is 5.48 Å². The highest BCUT2D eigenvalue weighted by Crippen LogP contribution is 2.60. The predicted molar refractivity (Wildman–Crippen MR) is 302 cm³/mol. The van der Waals surface area contributed by atoms with Crippen LogP contribution in [0.4, 0.5) is 34.1 Å². The van der Waals surface area contributed by atoms with Crippen molar-refractivity contribution in [2.75, 3.05) is 9.80 Å². The quantitative estimate of drug-likeness (QED) is 0.143. The Labute approximate surface area is 429 Å². The lowest BCUT2D eigenvalue weighted by Gasteiger charge is -2.35. The van der Waals surface area contributed by atoms with E-state index >= 15 is 0 Å². The van der Waals surface area contributed by atoms with Crippen molar-refractivity contribution in [1.82, 2.24) is 4.57 Å². The van der Waals surface area contributed by atoms with Crippen LogP contribution in [-0.4, -0.2) is 4.57 Å². The molecule has 1 aliphatic rings. The third kappa shape index (κ3) is 6.52. The molecule has 338 valence electrons. The van der Waals surface area contributed by atoms with Crippen LogP contribution in [0.15, 0.2) is 285 Å². The van der Waals surface area contributed by atoms with Crippen LogP contribution in [-0.2, 0) is 5.41 Å². The van der Waals surface area contributed by atoms with Gasteiger partial charge in [0.2, 0.25) is 0 Å². The number of anilines is 6. The van der Waals surface area contributed by atoms with Gasteiger partial charge in [0.1, 0.15) is 0 Å². The Bertz CT molecular complexity index is 4550. The van der Waals surface area contributed by atoms with Crippen LogP contribution >= 0.6 is 0 Å². The molecular formula is C69H47N3. The minimum Gasteiger partial charge on any atom is -0.310 e. The Morgan fingerprint density at radius 2 is 0.861 bits per heavy atom. The summed E-state index contributed by atoms with van der Waals surface area (Å²) in [5.74, 6) is 0. The monoisotopic (exact) mass is 924 g/mol. The Balaban J connectivity index is 1.17. The maximum atomic E-state index is 10.6. The van der Waals surface area contributed by atoms with E-state index in [-0.39, 0.29) is 34.5 Å². The molecule has 0 N–H and O–H groups in total. The number of hydrogen-bond donors (Lipinski definition) is 0. The molecule has 0 fully saturated rings. The fourth-order valence-electron chi connectivity index (χ4n) is 11.4. The molecular weight excluding hydrogens is 871 g/mol. The zero-order chi connectivity index (χ0) is 53.7. The minimum absolute atomic E-state index is 0.102. The molecule has 1 heterocycles. The minimum atomic E-state index is -1.55. The van der Waals surface area contributed by atoms with Crippen molar-refractivity contribution < 1.29 is 9.60 Å². The molecule has 0 aliphatic heterocycles. The van der Waals surface area contributed by atoms with E-state index in [0.717, 1.165) is 100 Å². The number of fused-ring (bicyclic) bond motifs is 8. The number of hydrogen-bond acceptors (Lipinski definition) is 2. The third-order valence-electron chi connectivity index (χ3n) is 14.4. The lowest BCUT2D eigenvalue weighted by Crippen LogP contribution is -2.29. The Morgan fingerprint density at radius 1 is 0.347 bits per heavy atom. The van der Waals surface area contributed by atoms with Crippen molar-refractivity contribution in [2.24, 2.45) is 0 Å². The van der Waals surface area contributed by atoms with Gasteiger partial charge >= 0.3 is 0 Å². The molecule has 0 amide bonds. The second kappa shape index (κ2) is 16.9. The van der Waals surface area contributed by atoms with E-state index in [2.05, 4.69) is 160 Å². The predicted octanol–water partition coefficient (Wildman–Crippen LogP) is 18.4. The number of nitrogens with zero attached hydrogens (tertiary/aromatic N) is 3. The number of benzene rings is 12. The normalized spacial score (nSPS) is 15.2. The highest BCUT2D eigenvalue weighted by molar-refractivity contribution is 6.13. The fraction of sp³-hybridized carbons (Fsp3) is 0.0145. The highest BCUT2D eigenvalue weighted by atomic mass is 15.1. The first kappa shape index (κ1) is 34.8. The van der Waals surface area contributed by atoms with Gasteiger partial charge in [-0.15, -0.1) is 0 Å². The molecule has 1 aromatic heterocycles. The smallest absolute Gasteiger partial charge is 0.0720 e. The second-order valence-electron chi connectivity index (χ2n) is 18.3. The highest BCUT2D eigenvalue weighted by Gasteiger charge is 2.48. The van der Waals surface area contributed by atoms with E-state index in [1.165, 1.54) is 0 Å². The maximum Gasteiger partial charge on any atom is 0.0720 e. The molecule has 0 saturated carbocycles. The fourth-order valence-corrected chi connectivity index (χ4v) is 11.4. The van der Waals surface area contributed by atoms with Gasteiger partial charge in [0.25, 0.3) is 0 Å². The van der Waals surface area contributed by atoms with Crippen LogP contribution in [0.3, 0.4) is 0 Å². The zero-order valence-electron chi connectivity index (χ0n) is 45.9. The zero-order valence-corrected chi connectivity index (χ0v) is 38.9. The van der Waals surface area contributed by atoms with E-state index in [4.69, 9.17) is 4.11 Å². The molecule has 3 heteroatoms. The van der Waals surface area contributed by atoms with Crippen molar-refractivity contribution in [2.45, 2.75) is 5.41 Å². The summed E-state index contributed by atoms with van der Waals surface area (Å²) < 4.78 is 69.4. The Morgan fingerprint density at radius 3 is 1.51 bits per heavy atom. The summed E-state index contributed by atoms with van der Waals surface area (Å²) in [6, 6.07) is 80.4. The second-order valence-corrected chi connectivity index (χ2v) is 18.3. The van der Waals surface area contributed by atoms with Gasteiger partial charge in [0.15, 0.2) is 0 Å². The number of para-hydroxylation sites is 5. The first-order valence-corrected chi connectivity index (χ1v) is 24.3. The van der Waals surface area contributed by atoms with Crippen LogP contribution in [0.5, 0.6) is 0 Å². The molecule has 1 aliphatic carbocycles. The molecule has 12 aromatic carbocycles. The van der Waals surface area contributed by atoms with Gasteiger partial charge in [0.05, 0.1) is 26.0 Å². The summed E-state index contributed by atoms with van der Waals surface area (Å²) in [5, 5.41) is 3.78. The average molecular weight is 925 g/mol. The Kier molecular flexibility index (Phi) is 8.17. The molecule has 72 heavy (non-hydrogen) atoms. The van der Waals surface area contributed by atoms with Crippen LogP contribution in [0.25, 0.3) is 60.2 Å². The van der Waals surface area contributed by atoms with E-state index in [1.54, 1.807) is 0 Å². The molecule has 0 bridgehead atoms. The molecule has 13 aromatic rings. The van der Waals surface area contributed by atoms with Gasteiger partial charge in [-0.05, 0) is 158 Å². The lowest BCUT2D eigenvalue weighted by molar-refractivity contribution is 0.778. The van der Waals surface area contributed by atoms with Crippen LogP contribution in [0, 0.1) is 0 Å². The van der Waals surface area contributed by atoms with Gasteiger partial charge in [-0.1, -0.05) is 182 Å². The summed E-state index contributed by atoms with van der Waals surface area (Å²) in [6.45, 7) is 0. The summed E-state index contributed by atoms with van der Waals surface area (Å²) in [4.78, 5) is 4.48. The topological polar surface area (TPSA) is 11.4 Å². The van der Waals surface area contributed by atoms with Crippen molar-refractivity contribution in [1.29, 1.82) is 0 Å². The van der Waals surface area contributed by atoms with Gasteiger partial charge in [-0.2, -0.15) is 0 Å². The van der Waals surface area contributed by atoms with Gasteiger partial charge in [-0.25, -0.2) is 0 Å². The number of rotatable bonds is 9.